The summed E-state index contributed by atoms with van der Waals surface area (Å²) in [5.74, 6) is 0.241. The molecule has 0 bridgehead atoms. The Balaban J connectivity index is 2.89. The van der Waals surface area contributed by atoms with Gasteiger partial charge in [-0.3, -0.25) is 0 Å². The molecular weight excluding hydrogens is 152 g/mol. The number of benzene rings is 1. The van der Waals surface area contributed by atoms with E-state index < -0.39 is 0 Å². The molecule has 2 rings (SSSR count). The van der Waals surface area contributed by atoms with Gasteiger partial charge in [-0.1, -0.05) is 0 Å². The van der Waals surface area contributed by atoms with Crippen LogP contribution in [0.2, 0.25) is 0 Å². The van der Waals surface area contributed by atoms with E-state index in [1.165, 1.54) is 6.33 Å². The topological polar surface area (TPSA) is 46.0 Å². The third kappa shape index (κ3) is 0.993. The summed E-state index contributed by atoms with van der Waals surface area (Å²) >= 11 is 0. The summed E-state index contributed by atoms with van der Waals surface area (Å²) < 4.78 is 0. The maximum atomic E-state index is 9.47. The number of aromatic hydroxyl groups is 1. The number of phenols is 1. The highest BCUT2D eigenvalue weighted by Gasteiger charge is 2.00. The molecule has 2 aromatic rings. The smallest absolute Gasteiger partial charge is 0.126 e. The highest BCUT2D eigenvalue weighted by atomic mass is 16.3. The second-order valence-corrected chi connectivity index (χ2v) is 2.74. The van der Waals surface area contributed by atoms with E-state index in [9.17, 15) is 5.11 Å². The molecule has 60 valence electrons. The summed E-state index contributed by atoms with van der Waals surface area (Å²) in [6, 6.07) is 3.61. The maximum absolute atomic E-state index is 9.47. The summed E-state index contributed by atoms with van der Waals surface area (Å²) in [4.78, 5) is 7.86. The van der Waals surface area contributed by atoms with Gasteiger partial charge < -0.3 is 5.11 Å². The Morgan fingerprint density at radius 1 is 1.33 bits per heavy atom. The number of aromatic nitrogens is 2. The Hall–Kier alpha value is -1.64. The van der Waals surface area contributed by atoms with Crippen LogP contribution in [0.1, 0.15) is 5.56 Å². The van der Waals surface area contributed by atoms with Crippen LogP contribution in [0.3, 0.4) is 0 Å². The Morgan fingerprint density at radius 2 is 2.17 bits per heavy atom. The van der Waals surface area contributed by atoms with Crippen molar-refractivity contribution in [1.82, 2.24) is 9.97 Å². The van der Waals surface area contributed by atoms with Gasteiger partial charge in [0.15, 0.2) is 0 Å². The fourth-order valence-electron chi connectivity index (χ4n) is 1.20. The van der Waals surface area contributed by atoms with Crippen LogP contribution in [0.25, 0.3) is 10.9 Å². The summed E-state index contributed by atoms with van der Waals surface area (Å²) in [6.07, 6.45) is 3.08. The molecule has 0 fully saturated rings. The van der Waals surface area contributed by atoms with Crippen molar-refractivity contribution in [3.05, 3.63) is 30.2 Å². The molecule has 0 aliphatic rings. The third-order valence-electron chi connectivity index (χ3n) is 1.75. The molecule has 1 aromatic carbocycles. The third-order valence-corrected chi connectivity index (χ3v) is 1.75. The van der Waals surface area contributed by atoms with Crippen molar-refractivity contribution >= 4 is 10.9 Å². The second-order valence-electron chi connectivity index (χ2n) is 2.74. The first kappa shape index (κ1) is 7.03. The predicted molar refractivity (Wildman–Crippen MR) is 45.9 cm³/mol. The molecule has 0 saturated heterocycles. The largest absolute Gasteiger partial charge is 0.507 e. The monoisotopic (exact) mass is 160 g/mol. The van der Waals surface area contributed by atoms with Gasteiger partial charge in [0.2, 0.25) is 0 Å². The van der Waals surface area contributed by atoms with E-state index in [0.717, 1.165) is 11.1 Å². The van der Waals surface area contributed by atoms with Crippen LogP contribution in [0.4, 0.5) is 0 Å². The summed E-state index contributed by atoms with van der Waals surface area (Å²) in [7, 11) is 0. The van der Waals surface area contributed by atoms with E-state index in [1.807, 2.05) is 13.0 Å². The Labute approximate surface area is 69.7 Å². The van der Waals surface area contributed by atoms with Crippen molar-refractivity contribution < 1.29 is 5.11 Å². The Morgan fingerprint density at radius 3 is 3.00 bits per heavy atom. The number of phenolic OH excluding ortho intramolecular Hbond substituents is 1. The van der Waals surface area contributed by atoms with Gasteiger partial charge in [0.25, 0.3) is 0 Å². The second kappa shape index (κ2) is 2.44. The van der Waals surface area contributed by atoms with Gasteiger partial charge in [-0.25, -0.2) is 9.97 Å². The van der Waals surface area contributed by atoms with Crippen molar-refractivity contribution in [2.24, 2.45) is 0 Å². The number of hydrogen-bond acceptors (Lipinski definition) is 3. The van der Waals surface area contributed by atoms with Gasteiger partial charge in [-0.2, -0.15) is 0 Å². The van der Waals surface area contributed by atoms with Crippen molar-refractivity contribution in [2.45, 2.75) is 6.92 Å². The van der Waals surface area contributed by atoms with Gasteiger partial charge in [-0.15, -0.1) is 0 Å². The van der Waals surface area contributed by atoms with Crippen molar-refractivity contribution in [3.63, 3.8) is 0 Å². The molecule has 0 spiro atoms. The van der Waals surface area contributed by atoms with Crippen molar-refractivity contribution in [1.29, 1.82) is 0 Å². The highest BCUT2D eigenvalue weighted by Crippen LogP contribution is 2.23. The molecule has 1 heterocycles. The molecule has 0 saturated carbocycles. The molecule has 3 heteroatoms. The van der Waals surface area contributed by atoms with Gasteiger partial charge >= 0.3 is 0 Å². The standard InChI is InChI=1S/C9H8N2O/c1-6-2-8-7(9(12)3-6)4-10-5-11-8/h2-5,12H,1H3. The van der Waals surface area contributed by atoms with Gasteiger partial charge in [0, 0.05) is 6.20 Å². The van der Waals surface area contributed by atoms with E-state index in [4.69, 9.17) is 0 Å². The molecule has 0 radical (unpaired) electrons. The molecular formula is C9H8N2O. The Kier molecular flexibility index (Phi) is 1.43. The van der Waals surface area contributed by atoms with E-state index >= 15 is 0 Å². The van der Waals surface area contributed by atoms with Gasteiger partial charge in [0.05, 0.1) is 10.9 Å². The van der Waals surface area contributed by atoms with Crippen LogP contribution in [0, 0.1) is 6.92 Å². The number of fused-ring (bicyclic) bond motifs is 1. The lowest BCUT2D eigenvalue weighted by molar-refractivity contribution is 0.481. The normalized spacial score (nSPS) is 10.4. The van der Waals surface area contributed by atoms with Crippen LogP contribution in [0.5, 0.6) is 5.75 Å². The predicted octanol–water partition coefficient (Wildman–Crippen LogP) is 1.64. The highest BCUT2D eigenvalue weighted by molar-refractivity contribution is 5.84. The maximum Gasteiger partial charge on any atom is 0.126 e. The molecule has 12 heavy (non-hydrogen) atoms. The Bertz CT molecular complexity index is 426. The summed E-state index contributed by atoms with van der Waals surface area (Å²) in [6.45, 7) is 1.92. The lowest BCUT2D eigenvalue weighted by Gasteiger charge is -1.99. The molecule has 1 N–H and O–H groups in total. The molecule has 0 amide bonds. The summed E-state index contributed by atoms with van der Waals surface area (Å²) in [5, 5.41) is 10.2. The first-order valence-electron chi connectivity index (χ1n) is 3.67. The fraction of sp³-hybridized carbons (Fsp3) is 0.111. The average Bonchev–Trinajstić information content (AvgIpc) is 2.04. The summed E-state index contributed by atoms with van der Waals surface area (Å²) in [5.41, 5.74) is 1.78. The molecule has 0 aliphatic heterocycles. The van der Waals surface area contributed by atoms with Crippen LogP contribution in [-0.2, 0) is 0 Å². The fourth-order valence-corrected chi connectivity index (χ4v) is 1.20. The number of aryl methyl sites for hydroxylation is 1. The molecule has 3 nitrogen and oxygen atoms in total. The zero-order valence-electron chi connectivity index (χ0n) is 6.65. The quantitative estimate of drug-likeness (QED) is 0.637. The van der Waals surface area contributed by atoms with Gasteiger partial charge in [0.1, 0.15) is 12.1 Å². The molecule has 0 aliphatic carbocycles. The first-order valence-corrected chi connectivity index (χ1v) is 3.67. The van der Waals surface area contributed by atoms with Crippen LogP contribution in [-0.4, -0.2) is 15.1 Å². The van der Waals surface area contributed by atoms with Gasteiger partial charge in [-0.05, 0) is 24.6 Å². The van der Waals surface area contributed by atoms with Crippen LogP contribution < -0.4 is 0 Å². The number of hydrogen-bond donors (Lipinski definition) is 1. The van der Waals surface area contributed by atoms with E-state index in [-0.39, 0.29) is 5.75 Å². The van der Waals surface area contributed by atoms with Crippen molar-refractivity contribution in [3.8, 4) is 5.75 Å². The molecule has 1 aromatic heterocycles. The number of nitrogens with zero attached hydrogens (tertiary/aromatic N) is 2. The lowest BCUT2D eigenvalue weighted by Crippen LogP contribution is -1.82. The van der Waals surface area contributed by atoms with Crippen LogP contribution in [0.15, 0.2) is 24.7 Å². The minimum atomic E-state index is 0.241. The van der Waals surface area contributed by atoms with Crippen molar-refractivity contribution in [2.75, 3.05) is 0 Å². The minimum absolute atomic E-state index is 0.241. The molecule has 0 unspecified atom stereocenters. The average molecular weight is 160 g/mol. The lowest BCUT2D eigenvalue weighted by atomic mass is 10.1. The first-order chi connectivity index (χ1) is 5.77. The minimum Gasteiger partial charge on any atom is -0.507 e. The van der Waals surface area contributed by atoms with E-state index in [2.05, 4.69) is 9.97 Å². The van der Waals surface area contributed by atoms with Crippen LogP contribution >= 0.6 is 0 Å². The zero-order chi connectivity index (χ0) is 8.55. The molecule has 0 atom stereocenters. The number of rotatable bonds is 0. The van der Waals surface area contributed by atoms with E-state index in [1.54, 1.807) is 12.3 Å². The van der Waals surface area contributed by atoms with E-state index in [0.29, 0.717) is 5.39 Å². The SMILES string of the molecule is Cc1cc(O)c2cncnc2c1. The zero-order valence-corrected chi connectivity index (χ0v) is 6.65.